The molecule has 3 unspecified atom stereocenters. The van der Waals surface area contributed by atoms with Crippen LogP contribution in [-0.2, 0) is 23.6 Å². The summed E-state index contributed by atoms with van der Waals surface area (Å²) in [7, 11) is 0. The molecule has 1 aromatic rings. The minimum Gasteiger partial charge on any atom is -0.270 e. The van der Waals surface area contributed by atoms with Gasteiger partial charge in [-0.3, -0.25) is 4.84 Å². The zero-order valence-corrected chi connectivity index (χ0v) is 20.5. The van der Waals surface area contributed by atoms with Crippen molar-refractivity contribution in [1.82, 2.24) is 10.0 Å². The molecule has 0 saturated carbocycles. The number of aliphatic imine (C=N–C) groups is 1. The van der Waals surface area contributed by atoms with Crippen molar-refractivity contribution in [2.75, 3.05) is 6.61 Å². The lowest BCUT2D eigenvalue weighted by Gasteiger charge is -2.35. The number of hydrogen-bond donors (Lipinski definition) is 0. The topological polar surface area (TPSA) is 37.7 Å². The number of hydrogen-bond acceptors (Lipinski definition) is 4. The highest BCUT2D eigenvalue weighted by Crippen LogP contribution is 2.46. The molecule has 8 heteroatoms. The summed E-state index contributed by atoms with van der Waals surface area (Å²) in [5.74, 6) is -5.75. The molecule has 3 atom stereocenters. The summed E-state index contributed by atoms with van der Waals surface area (Å²) in [6, 6.07) is 1.62. The van der Waals surface area contributed by atoms with E-state index in [1.807, 2.05) is 0 Å². The third kappa shape index (κ3) is 6.37. The van der Waals surface area contributed by atoms with E-state index in [2.05, 4.69) is 30.7 Å². The minimum absolute atomic E-state index is 0.0576. The van der Waals surface area contributed by atoms with Gasteiger partial charge >= 0.3 is 0 Å². The maximum Gasteiger partial charge on any atom is 0.288 e. The Kier molecular flexibility index (Phi) is 9.51. The van der Waals surface area contributed by atoms with E-state index < -0.39 is 29.8 Å². The lowest BCUT2D eigenvalue weighted by molar-refractivity contribution is -0.180. The summed E-state index contributed by atoms with van der Waals surface area (Å²) in [6.07, 6.45) is 8.68. The Morgan fingerprint density at radius 3 is 2.65 bits per heavy atom. The van der Waals surface area contributed by atoms with Crippen LogP contribution in [0.3, 0.4) is 0 Å². The molecule has 0 amide bonds. The maximum atomic E-state index is 15.5. The standard InChI is InChI=1S/C26H37F4N3O/c1-4-6-8-9-15-34-33-14-13-22(32-25(33)28)21-12-11-19-17-20(16-18(3)10-7-5-2)31-24(27)23(19)26(21,29)30/h13-14,17-18,21,25H,4-12,15-16H2,1-3H3. The van der Waals surface area contributed by atoms with Gasteiger partial charge in [0.2, 0.25) is 5.95 Å². The third-order valence-electron chi connectivity index (χ3n) is 6.64. The van der Waals surface area contributed by atoms with Crippen molar-refractivity contribution in [3.8, 4) is 0 Å². The van der Waals surface area contributed by atoms with Crippen LogP contribution in [-0.4, -0.2) is 28.8 Å². The Balaban J connectivity index is 1.69. The smallest absolute Gasteiger partial charge is 0.270 e. The van der Waals surface area contributed by atoms with Crippen molar-refractivity contribution < 1.29 is 22.4 Å². The monoisotopic (exact) mass is 483 g/mol. The summed E-state index contributed by atoms with van der Waals surface area (Å²) >= 11 is 0. The summed E-state index contributed by atoms with van der Waals surface area (Å²) in [4.78, 5) is 13.1. The van der Waals surface area contributed by atoms with Crippen LogP contribution < -0.4 is 0 Å². The van der Waals surface area contributed by atoms with Gasteiger partial charge in [-0.25, -0.2) is 23.8 Å². The van der Waals surface area contributed by atoms with Crippen molar-refractivity contribution in [2.45, 2.75) is 97.3 Å². The molecule has 4 nitrogen and oxygen atoms in total. The number of fused-ring (bicyclic) bond motifs is 1. The maximum absolute atomic E-state index is 15.5. The molecule has 0 spiro atoms. The van der Waals surface area contributed by atoms with E-state index in [0.717, 1.165) is 50.0 Å². The van der Waals surface area contributed by atoms with Crippen LogP contribution in [0.15, 0.2) is 23.3 Å². The lowest BCUT2D eigenvalue weighted by Crippen LogP contribution is -2.40. The fraction of sp³-hybridized carbons (Fsp3) is 0.692. The lowest BCUT2D eigenvalue weighted by atomic mass is 9.78. The number of unbranched alkanes of at least 4 members (excludes halogenated alkanes) is 4. The molecule has 2 aliphatic rings. The number of rotatable bonds is 12. The predicted molar refractivity (Wildman–Crippen MR) is 126 cm³/mol. The van der Waals surface area contributed by atoms with E-state index in [1.165, 1.54) is 12.3 Å². The number of allylic oxidation sites excluding steroid dienone is 1. The van der Waals surface area contributed by atoms with Gasteiger partial charge in [-0.1, -0.05) is 59.3 Å². The largest absolute Gasteiger partial charge is 0.288 e. The van der Waals surface area contributed by atoms with Crippen LogP contribution >= 0.6 is 0 Å². The fourth-order valence-electron chi connectivity index (χ4n) is 4.73. The zero-order valence-electron chi connectivity index (χ0n) is 20.5. The summed E-state index contributed by atoms with van der Waals surface area (Å²) in [5, 5.41) is 0.943. The molecule has 0 saturated heterocycles. The van der Waals surface area contributed by atoms with Crippen molar-refractivity contribution in [3.63, 3.8) is 0 Å². The molecule has 1 aliphatic carbocycles. The number of hydroxylamine groups is 2. The molecular weight excluding hydrogens is 446 g/mol. The van der Waals surface area contributed by atoms with Gasteiger partial charge in [-0.15, -0.1) is 0 Å². The Hall–Kier alpha value is -1.96. The summed E-state index contributed by atoms with van der Waals surface area (Å²) in [6.45, 7) is 6.60. The van der Waals surface area contributed by atoms with Crippen LogP contribution in [0.2, 0.25) is 0 Å². The summed E-state index contributed by atoms with van der Waals surface area (Å²) in [5.41, 5.74) is 0.0562. The van der Waals surface area contributed by atoms with Gasteiger partial charge in [0.1, 0.15) is 0 Å². The third-order valence-corrected chi connectivity index (χ3v) is 6.64. The number of aromatic nitrogens is 1. The average Bonchev–Trinajstić information content (AvgIpc) is 2.78. The molecule has 0 aromatic carbocycles. The van der Waals surface area contributed by atoms with Crippen molar-refractivity contribution in [3.05, 3.63) is 41.1 Å². The molecular formula is C26H37F4N3O. The SMILES string of the molecule is CCCCCCON1C=CC(C2CCc3cc(CC(C)CCCC)nc(F)c3C2(F)F)=NC1F. The number of nitrogens with zero attached hydrogens (tertiary/aromatic N) is 3. The van der Waals surface area contributed by atoms with Crippen LogP contribution in [0, 0.1) is 17.8 Å². The first-order valence-electron chi connectivity index (χ1n) is 12.7. The molecule has 0 bridgehead atoms. The van der Waals surface area contributed by atoms with Crippen LogP contribution in [0.5, 0.6) is 0 Å². The van der Waals surface area contributed by atoms with Crippen molar-refractivity contribution in [1.29, 1.82) is 0 Å². The van der Waals surface area contributed by atoms with Gasteiger partial charge in [0.25, 0.3) is 12.3 Å². The molecule has 0 fully saturated rings. The van der Waals surface area contributed by atoms with Gasteiger partial charge in [-0.05, 0) is 49.3 Å². The molecule has 0 N–H and O–H groups in total. The van der Waals surface area contributed by atoms with E-state index in [1.54, 1.807) is 6.07 Å². The van der Waals surface area contributed by atoms with Crippen LogP contribution in [0.4, 0.5) is 17.6 Å². The highest BCUT2D eigenvalue weighted by Gasteiger charge is 2.50. The highest BCUT2D eigenvalue weighted by molar-refractivity contribution is 5.98. The second-order valence-electron chi connectivity index (χ2n) is 9.54. The van der Waals surface area contributed by atoms with E-state index in [0.29, 0.717) is 30.2 Å². The first-order chi connectivity index (χ1) is 16.3. The highest BCUT2D eigenvalue weighted by atomic mass is 19.3. The molecule has 34 heavy (non-hydrogen) atoms. The minimum atomic E-state index is -3.52. The molecule has 3 rings (SSSR count). The van der Waals surface area contributed by atoms with Crippen molar-refractivity contribution in [2.24, 2.45) is 16.8 Å². The Morgan fingerprint density at radius 1 is 1.18 bits per heavy atom. The number of pyridine rings is 1. The number of aryl methyl sites for hydroxylation is 1. The van der Waals surface area contributed by atoms with Gasteiger partial charge in [0.05, 0.1) is 23.8 Å². The quantitative estimate of drug-likeness (QED) is 0.136. The normalized spacial score (nSPS) is 22.4. The molecule has 0 radical (unpaired) electrons. The molecule has 190 valence electrons. The van der Waals surface area contributed by atoms with Gasteiger partial charge in [-0.2, -0.15) is 8.78 Å². The van der Waals surface area contributed by atoms with E-state index in [-0.39, 0.29) is 18.6 Å². The van der Waals surface area contributed by atoms with Gasteiger partial charge in [0, 0.05) is 11.9 Å². The van der Waals surface area contributed by atoms with E-state index in [9.17, 15) is 8.78 Å². The fourth-order valence-corrected chi connectivity index (χ4v) is 4.73. The van der Waals surface area contributed by atoms with Crippen LogP contribution in [0.25, 0.3) is 0 Å². The zero-order chi connectivity index (χ0) is 24.7. The Bertz CT molecular complexity index is 874. The van der Waals surface area contributed by atoms with E-state index in [4.69, 9.17) is 4.84 Å². The van der Waals surface area contributed by atoms with Gasteiger partial charge in [0.15, 0.2) is 0 Å². The number of halogens is 4. The van der Waals surface area contributed by atoms with E-state index >= 15 is 8.78 Å². The predicted octanol–water partition coefficient (Wildman–Crippen LogP) is 7.28. The van der Waals surface area contributed by atoms with Crippen LogP contribution in [0.1, 0.15) is 89.0 Å². The number of alkyl halides is 3. The first-order valence-corrected chi connectivity index (χ1v) is 12.7. The van der Waals surface area contributed by atoms with Gasteiger partial charge < -0.3 is 0 Å². The Morgan fingerprint density at radius 2 is 1.94 bits per heavy atom. The second kappa shape index (κ2) is 12.1. The van der Waals surface area contributed by atoms with Crippen molar-refractivity contribution >= 4 is 5.71 Å². The molecule has 1 aromatic heterocycles. The molecule has 1 aliphatic heterocycles. The molecule has 2 heterocycles. The Labute approximate surface area is 200 Å². The average molecular weight is 484 g/mol. The second-order valence-corrected chi connectivity index (χ2v) is 9.54. The first kappa shape index (κ1) is 26.6. The summed E-state index contributed by atoms with van der Waals surface area (Å²) < 4.78 is 60.3.